The third kappa shape index (κ3) is 4.36. The Morgan fingerprint density at radius 1 is 1.40 bits per heavy atom. The molecule has 0 radical (unpaired) electrons. The molecule has 1 aliphatic heterocycles. The first-order chi connectivity index (χ1) is 7.04. The fraction of sp³-hybridized carbons (Fsp3) is 1.00. The van der Waals surface area contributed by atoms with E-state index in [0.717, 1.165) is 6.42 Å². The van der Waals surface area contributed by atoms with Crippen molar-refractivity contribution in [2.24, 2.45) is 5.92 Å². The summed E-state index contributed by atoms with van der Waals surface area (Å²) in [5.41, 5.74) is 0. The Labute approximate surface area is 86.8 Å². The first-order valence-electron chi connectivity index (χ1n) is 5.04. The molecule has 0 amide bonds. The monoisotopic (exact) mass is 227 g/mol. The van der Waals surface area contributed by atoms with Crippen LogP contribution in [-0.2, 0) is 4.74 Å². The van der Waals surface area contributed by atoms with Crippen molar-refractivity contribution in [1.29, 1.82) is 0 Å². The Morgan fingerprint density at radius 3 is 2.73 bits per heavy atom. The minimum Gasteiger partial charge on any atom is -0.394 e. The van der Waals surface area contributed by atoms with E-state index in [-0.39, 0.29) is 32.2 Å². The van der Waals surface area contributed by atoms with Crippen molar-refractivity contribution in [3.63, 3.8) is 0 Å². The SMILES string of the molecule is OCCOC[C@H]1CCCN(C(F)(F)F)C1. The van der Waals surface area contributed by atoms with Crippen molar-refractivity contribution in [1.82, 2.24) is 4.90 Å². The summed E-state index contributed by atoms with van der Waals surface area (Å²) >= 11 is 0. The molecule has 1 rings (SSSR count). The number of likely N-dealkylation sites (tertiary alicyclic amines) is 1. The fourth-order valence-electron chi connectivity index (χ4n) is 1.75. The maximum atomic E-state index is 12.3. The van der Waals surface area contributed by atoms with Gasteiger partial charge < -0.3 is 9.84 Å². The van der Waals surface area contributed by atoms with Gasteiger partial charge in [-0.25, -0.2) is 4.90 Å². The van der Waals surface area contributed by atoms with Crippen LogP contribution in [0, 0.1) is 5.92 Å². The van der Waals surface area contributed by atoms with Gasteiger partial charge in [0, 0.05) is 13.1 Å². The van der Waals surface area contributed by atoms with Gasteiger partial charge >= 0.3 is 6.30 Å². The maximum absolute atomic E-state index is 12.3. The molecule has 0 unspecified atom stereocenters. The molecule has 6 heteroatoms. The van der Waals surface area contributed by atoms with Gasteiger partial charge in [-0.3, -0.25) is 0 Å². The lowest BCUT2D eigenvalue weighted by Crippen LogP contribution is -2.45. The smallest absolute Gasteiger partial charge is 0.394 e. The van der Waals surface area contributed by atoms with Gasteiger partial charge in [-0.05, 0) is 18.8 Å². The molecule has 15 heavy (non-hydrogen) atoms. The van der Waals surface area contributed by atoms with Gasteiger partial charge in [-0.1, -0.05) is 0 Å². The number of halogens is 3. The average Bonchev–Trinajstić information content (AvgIpc) is 2.17. The Kier molecular flexibility index (Phi) is 4.82. The molecule has 0 aliphatic carbocycles. The van der Waals surface area contributed by atoms with Gasteiger partial charge in [-0.2, -0.15) is 13.2 Å². The van der Waals surface area contributed by atoms with E-state index >= 15 is 0 Å². The highest BCUT2D eigenvalue weighted by molar-refractivity contribution is 4.74. The second-order valence-corrected chi connectivity index (χ2v) is 3.72. The van der Waals surface area contributed by atoms with Gasteiger partial charge in [0.15, 0.2) is 0 Å². The average molecular weight is 227 g/mol. The fourth-order valence-corrected chi connectivity index (χ4v) is 1.75. The highest BCUT2D eigenvalue weighted by atomic mass is 19.4. The molecule has 0 bridgehead atoms. The zero-order valence-electron chi connectivity index (χ0n) is 8.46. The largest absolute Gasteiger partial charge is 0.459 e. The molecule has 1 aliphatic rings. The van der Waals surface area contributed by atoms with Gasteiger partial charge in [0.2, 0.25) is 0 Å². The highest BCUT2D eigenvalue weighted by Gasteiger charge is 2.39. The number of ether oxygens (including phenoxy) is 1. The molecule has 0 aromatic heterocycles. The van der Waals surface area contributed by atoms with Crippen LogP contribution < -0.4 is 0 Å². The van der Waals surface area contributed by atoms with Crippen LogP contribution in [0.2, 0.25) is 0 Å². The molecule has 1 fully saturated rings. The van der Waals surface area contributed by atoms with Crippen LogP contribution in [0.1, 0.15) is 12.8 Å². The van der Waals surface area contributed by atoms with Crippen LogP contribution in [0.25, 0.3) is 0 Å². The summed E-state index contributed by atoms with van der Waals surface area (Å²) in [7, 11) is 0. The molecule has 0 saturated carbocycles. The second-order valence-electron chi connectivity index (χ2n) is 3.72. The standard InChI is InChI=1S/C9H16F3NO2/c10-9(11,12)13-3-1-2-8(6-13)7-15-5-4-14/h8,14H,1-7H2/t8-/m0/s1. The molecule has 90 valence electrons. The number of hydrogen-bond donors (Lipinski definition) is 1. The van der Waals surface area contributed by atoms with Crippen molar-refractivity contribution in [3.05, 3.63) is 0 Å². The maximum Gasteiger partial charge on any atom is 0.459 e. The molecular formula is C9H16F3NO2. The van der Waals surface area contributed by atoms with Crippen molar-refractivity contribution in [2.45, 2.75) is 19.1 Å². The van der Waals surface area contributed by atoms with Gasteiger partial charge in [0.25, 0.3) is 0 Å². The summed E-state index contributed by atoms with van der Waals surface area (Å²) in [6, 6.07) is 0. The zero-order valence-corrected chi connectivity index (χ0v) is 8.46. The van der Waals surface area contributed by atoms with E-state index in [4.69, 9.17) is 9.84 Å². The van der Waals surface area contributed by atoms with E-state index in [2.05, 4.69) is 0 Å². The van der Waals surface area contributed by atoms with E-state index in [0.29, 0.717) is 17.9 Å². The van der Waals surface area contributed by atoms with Crippen LogP contribution in [0.3, 0.4) is 0 Å². The predicted octanol–water partition coefficient (Wildman–Crippen LogP) is 1.23. The lowest BCUT2D eigenvalue weighted by molar-refractivity contribution is -0.254. The van der Waals surface area contributed by atoms with E-state index in [1.165, 1.54) is 0 Å². The van der Waals surface area contributed by atoms with Gasteiger partial charge in [0.05, 0.1) is 19.8 Å². The van der Waals surface area contributed by atoms with Crippen LogP contribution in [0.5, 0.6) is 0 Å². The van der Waals surface area contributed by atoms with Crippen LogP contribution in [0.4, 0.5) is 13.2 Å². The van der Waals surface area contributed by atoms with Crippen LogP contribution >= 0.6 is 0 Å². The number of alkyl halides is 3. The number of piperidine rings is 1. The lowest BCUT2D eigenvalue weighted by Gasteiger charge is -2.33. The number of aliphatic hydroxyl groups excluding tert-OH is 1. The van der Waals surface area contributed by atoms with Crippen molar-refractivity contribution < 1.29 is 23.0 Å². The normalized spacial score (nSPS) is 24.4. The third-order valence-electron chi connectivity index (χ3n) is 2.47. The van der Waals surface area contributed by atoms with Gasteiger partial charge in [-0.15, -0.1) is 0 Å². The number of nitrogens with zero attached hydrogens (tertiary/aromatic N) is 1. The number of rotatable bonds is 4. The van der Waals surface area contributed by atoms with Gasteiger partial charge in [0.1, 0.15) is 0 Å². The quantitative estimate of drug-likeness (QED) is 0.579. The summed E-state index contributed by atoms with van der Waals surface area (Å²) in [5.74, 6) is -0.0769. The Balaban J connectivity index is 2.29. The van der Waals surface area contributed by atoms with Crippen molar-refractivity contribution in [3.8, 4) is 0 Å². The molecule has 0 spiro atoms. The summed E-state index contributed by atoms with van der Waals surface area (Å²) in [6.45, 7) is 0.500. The van der Waals surface area contributed by atoms with E-state index in [1.807, 2.05) is 0 Å². The Morgan fingerprint density at radius 2 is 2.13 bits per heavy atom. The Bertz CT molecular complexity index is 187. The van der Waals surface area contributed by atoms with Crippen LogP contribution in [-0.4, -0.2) is 49.2 Å². The predicted molar refractivity (Wildman–Crippen MR) is 48.3 cm³/mol. The molecule has 1 heterocycles. The van der Waals surface area contributed by atoms with Crippen molar-refractivity contribution in [2.75, 3.05) is 32.9 Å². The number of aliphatic hydroxyl groups is 1. The van der Waals surface area contributed by atoms with Crippen LogP contribution in [0.15, 0.2) is 0 Å². The Hall–Kier alpha value is -0.330. The summed E-state index contributed by atoms with van der Waals surface area (Å²) in [4.78, 5) is 0.531. The molecule has 3 nitrogen and oxygen atoms in total. The number of hydrogen-bond acceptors (Lipinski definition) is 3. The summed E-state index contributed by atoms with van der Waals surface area (Å²) in [6.07, 6.45) is -2.92. The minimum atomic E-state index is -4.23. The first kappa shape index (κ1) is 12.7. The first-order valence-corrected chi connectivity index (χ1v) is 5.04. The summed E-state index contributed by atoms with van der Waals surface area (Å²) < 4.78 is 42.1. The minimum absolute atomic E-state index is 0.00886. The second kappa shape index (κ2) is 5.67. The molecule has 0 aromatic rings. The highest BCUT2D eigenvalue weighted by Crippen LogP contribution is 2.27. The third-order valence-corrected chi connectivity index (χ3v) is 2.47. The molecule has 0 aromatic carbocycles. The zero-order chi connectivity index (χ0) is 11.3. The van der Waals surface area contributed by atoms with E-state index in [1.54, 1.807) is 0 Å². The molecular weight excluding hydrogens is 211 g/mol. The van der Waals surface area contributed by atoms with E-state index < -0.39 is 6.30 Å². The molecule has 1 N–H and O–H groups in total. The van der Waals surface area contributed by atoms with Crippen molar-refractivity contribution >= 4 is 0 Å². The molecule has 1 saturated heterocycles. The molecule has 1 atom stereocenters. The van der Waals surface area contributed by atoms with E-state index in [9.17, 15) is 13.2 Å². The lowest BCUT2D eigenvalue weighted by atomic mass is 9.99. The topological polar surface area (TPSA) is 32.7 Å². The summed E-state index contributed by atoms with van der Waals surface area (Å²) in [5, 5.41) is 8.46.